The molecular weight excluding hydrogens is 275 g/mol. The molecule has 20 heavy (non-hydrogen) atoms. The van der Waals surface area contributed by atoms with Crippen LogP contribution in [0.2, 0.25) is 0 Å². The van der Waals surface area contributed by atoms with Gasteiger partial charge in [0.15, 0.2) is 0 Å². The number of carbonyl (C=O) groups is 1. The van der Waals surface area contributed by atoms with Gasteiger partial charge in [-0.2, -0.15) is 5.26 Å². The summed E-state index contributed by atoms with van der Waals surface area (Å²) < 4.78 is 12.8. The second-order valence-corrected chi connectivity index (χ2v) is 5.68. The van der Waals surface area contributed by atoms with E-state index in [-0.39, 0.29) is 18.1 Å². The lowest BCUT2D eigenvalue weighted by molar-refractivity contribution is -0.115. The molecule has 0 aliphatic carbocycles. The maximum Gasteiger partial charge on any atom is 0.229 e. The normalized spacial score (nSPS) is 10.1. The van der Waals surface area contributed by atoms with Crippen molar-refractivity contribution in [1.82, 2.24) is 0 Å². The topological polar surface area (TPSA) is 52.9 Å². The molecule has 0 aliphatic rings. The van der Waals surface area contributed by atoms with E-state index < -0.39 is 0 Å². The zero-order valence-electron chi connectivity index (χ0n) is 11.2. The monoisotopic (exact) mass is 288 g/mol. The molecule has 1 N–H and O–H groups in total. The lowest BCUT2D eigenvalue weighted by Gasteiger charge is -2.03. The van der Waals surface area contributed by atoms with Gasteiger partial charge in [-0.1, -0.05) is 12.1 Å². The van der Waals surface area contributed by atoms with Crippen molar-refractivity contribution in [2.24, 2.45) is 0 Å². The smallest absolute Gasteiger partial charge is 0.229 e. The number of rotatable bonds is 3. The molecule has 0 fully saturated rings. The number of anilines is 1. The fourth-order valence-electron chi connectivity index (χ4n) is 1.81. The first kappa shape index (κ1) is 14.2. The summed E-state index contributed by atoms with van der Waals surface area (Å²) in [6, 6.07) is 7.90. The van der Waals surface area contributed by atoms with E-state index in [1.54, 1.807) is 12.1 Å². The Morgan fingerprint density at radius 3 is 2.60 bits per heavy atom. The number of amides is 1. The number of nitrogens with one attached hydrogen (secondary N) is 1. The first-order chi connectivity index (χ1) is 9.51. The van der Waals surface area contributed by atoms with E-state index in [1.807, 2.05) is 13.8 Å². The fourth-order valence-corrected chi connectivity index (χ4v) is 2.84. The van der Waals surface area contributed by atoms with Gasteiger partial charge >= 0.3 is 0 Å². The number of benzene rings is 1. The van der Waals surface area contributed by atoms with Crippen molar-refractivity contribution in [3.05, 3.63) is 51.7 Å². The van der Waals surface area contributed by atoms with E-state index >= 15 is 0 Å². The first-order valence-electron chi connectivity index (χ1n) is 6.05. The van der Waals surface area contributed by atoms with Crippen LogP contribution in [0.5, 0.6) is 0 Å². The second kappa shape index (κ2) is 5.85. The van der Waals surface area contributed by atoms with Crippen molar-refractivity contribution in [2.75, 3.05) is 5.32 Å². The highest BCUT2D eigenvalue weighted by Gasteiger charge is 2.14. The van der Waals surface area contributed by atoms with Crippen LogP contribution >= 0.6 is 11.3 Å². The van der Waals surface area contributed by atoms with Crippen LogP contribution in [-0.4, -0.2) is 5.91 Å². The summed E-state index contributed by atoms with van der Waals surface area (Å²) in [5.41, 5.74) is 2.14. The number of thiophene rings is 1. The van der Waals surface area contributed by atoms with E-state index in [0.29, 0.717) is 10.6 Å². The van der Waals surface area contributed by atoms with E-state index in [4.69, 9.17) is 5.26 Å². The van der Waals surface area contributed by atoms with E-state index in [9.17, 15) is 9.18 Å². The minimum absolute atomic E-state index is 0.154. The molecule has 2 rings (SSSR count). The summed E-state index contributed by atoms with van der Waals surface area (Å²) in [5.74, 6) is -0.542. The number of nitrogens with zero attached hydrogens (tertiary/aromatic N) is 1. The Labute approximate surface area is 120 Å². The van der Waals surface area contributed by atoms with Crippen molar-refractivity contribution in [1.29, 1.82) is 5.26 Å². The Hall–Kier alpha value is -2.19. The summed E-state index contributed by atoms with van der Waals surface area (Å²) in [6.45, 7) is 3.77. The van der Waals surface area contributed by atoms with E-state index in [1.165, 1.54) is 23.5 Å². The lowest BCUT2D eigenvalue weighted by Crippen LogP contribution is -2.14. The van der Waals surface area contributed by atoms with Gasteiger partial charge in [0.25, 0.3) is 0 Å². The fraction of sp³-hybridized carbons (Fsp3) is 0.200. The van der Waals surface area contributed by atoms with E-state index in [2.05, 4.69) is 11.4 Å². The number of hydrogen-bond acceptors (Lipinski definition) is 3. The van der Waals surface area contributed by atoms with Gasteiger partial charge in [-0.05, 0) is 37.1 Å². The Morgan fingerprint density at radius 1 is 1.35 bits per heavy atom. The molecule has 0 saturated carbocycles. The molecule has 0 aliphatic heterocycles. The predicted octanol–water partition coefficient (Wildman–Crippen LogP) is 3.56. The molecule has 1 aromatic carbocycles. The van der Waals surface area contributed by atoms with Gasteiger partial charge in [0.05, 0.1) is 12.0 Å². The van der Waals surface area contributed by atoms with Gasteiger partial charge < -0.3 is 5.32 Å². The number of carbonyl (C=O) groups excluding carboxylic acids is 1. The number of aryl methyl sites for hydroxylation is 1. The maximum atomic E-state index is 12.8. The largest absolute Gasteiger partial charge is 0.316 e. The van der Waals surface area contributed by atoms with Crippen LogP contribution in [0.25, 0.3) is 0 Å². The minimum atomic E-state index is -0.328. The molecule has 3 nitrogen and oxygen atoms in total. The summed E-state index contributed by atoms with van der Waals surface area (Å²) in [4.78, 5) is 13.0. The van der Waals surface area contributed by atoms with Gasteiger partial charge in [-0.25, -0.2) is 4.39 Å². The molecule has 5 heteroatoms. The zero-order chi connectivity index (χ0) is 14.7. The van der Waals surface area contributed by atoms with Crippen molar-refractivity contribution < 1.29 is 9.18 Å². The van der Waals surface area contributed by atoms with Crippen LogP contribution in [0.1, 0.15) is 21.6 Å². The Kier molecular flexibility index (Phi) is 4.16. The van der Waals surface area contributed by atoms with Crippen molar-refractivity contribution in [2.45, 2.75) is 20.3 Å². The summed E-state index contributed by atoms with van der Waals surface area (Å²) >= 11 is 1.39. The van der Waals surface area contributed by atoms with E-state index in [0.717, 1.165) is 16.0 Å². The maximum absolute atomic E-state index is 12.8. The molecule has 2 aromatic rings. The SMILES string of the molecule is Cc1sc(NC(=O)Cc2ccc(F)cc2)c(C#N)c1C. The second-order valence-electron chi connectivity index (χ2n) is 4.45. The molecule has 0 atom stereocenters. The van der Waals surface area contributed by atoms with Crippen LogP contribution in [0.4, 0.5) is 9.39 Å². The van der Waals surface area contributed by atoms with Crippen molar-refractivity contribution >= 4 is 22.2 Å². The number of nitriles is 1. The van der Waals surface area contributed by atoms with Gasteiger partial charge in [0.1, 0.15) is 16.9 Å². The standard InChI is InChI=1S/C15H13FN2OS/c1-9-10(2)20-15(13(9)8-17)18-14(19)7-11-3-5-12(16)6-4-11/h3-6H,7H2,1-2H3,(H,18,19). The summed E-state index contributed by atoms with van der Waals surface area (Å²) in [6.07, 6.45) is 0.154. The van der Waals surface area contributed by atoms with Crippen LogP contribution in [0.15, 0.2) is 24.3 Å². The molecule has 0 saturated heterocycles. The molecule has 0 bridgehead atoms. The van der Waals surface area contributed by atoms with Gasteiger partial charge in [-0.3, -0.25) is 4.79 Å². The zero-order valence-corrected chi connectivity index (χ0v) is 12.0. The molecule has 102 valence electrons. The highest BCUT2D eigenvalue weighted by atomic mass is 32.1. The van der Waals surface area contributed by atoms with Crippen LogP contribution in [0, 0.1) is 31.0 Å². The van der Waals surface area contributed by atoms with Crippen molar-refractivity contribution in [3.8, 4) is 6.07 Å². The molecular formula is C15H13FN2OS. The van der Waals surface area contributed by atoms with Crippen molar-refractivity contribution in [3.63, 3.8) is 0 Å². The quantitative estimate of drug-likeness (QED) is 0.939. The average Bonchev–Trinajstić information content (AvgIpc) is 2.67. The molecule has 0 unspecified atom stereocenters. The van der Waals surface area contributed by atoms with Gasteiger partial charge in [-0.15, -0.1) is 11.3 Å². The first-order valence-corrected chi connectivity index (χ1v) is 6.87. The third-order valence-electron chi connectivity index (χ3n) is 3.03. The van der Waals surface area contributed by atoms with Crippen LogP contribution < -0.4 is 5.32 Å². The molecule has 1 amide bonds. The van der Waals surface area contributed by atoms with Crippen LogP contribution in [-0.2, 0) is 11.2 Å². The molecule has 0 spiro atoms. The van der Waals surface area contributed by atoms with Gasteiger partial charge in [0, 0.05) is 4.88 Å². The molecule has 0 radical (unpaired) electrons. The minimum Gasteiger partial charge on any atom is -0.316 e. The third-order valence-corrected chi connectivity index (χ3v) is 4.15. The van der Waals surface area contributed by atoms with Gasteiger partial charge in [0.2, 0.25) is 5.91 Å². The molecule has 1 heterocycles. The molecule has 1 aromatic heterocycles. The Morgan fingerprint density at radius 2 is 2.00 bits per heavy atom. The van der Waals surface area contributed by atoms with Crippen LogP contribution in [0.3, 0.4) is 0 Å². The highest BCUT2D eigenvalue weighted by Crippen LogP contribution is 2.31. The Balaban J connectivity index is 2.11. The Bertz CT molecular complexity index is 683. The average molecular weight is 288 g/mol. The number of hydrogen-bond donors (Lipinski definition) is 1. The third kappa shape index (κ3) is 3.03. The summed E-state index contributed by atoms with van der Waals surface area (Å²) in [7, 11) is 0. The lowest BCUT2D eigenvalue weighted by atomic mass is 10.1. The number of halogens is 1. The summed E-state index contributed by atoms with van der Waals surface area (Å²) in [5, 5.41) is 12.4. The highest BCUT2D eigenvalue weighted by molar-refractivity contribution is 7.16. The predicted molar refractivity (Wildman–Crippen MR) is 77.2 cm³/mol.